The standard InChI is InChI=1S/C19H12F3NO4S2/c1-25-13-5-10(6-14-16(13)27-9-26-14)7-15-17(24)23(18(28)29-15)12-4-2-3-11(8-12)19(20,21)22/h2-8H,9H2,1H3/b15-7+. The second-order valence-electron chi connectivity index (χ2n) is 6.02. The second-order valence-corrected chi connectivity index (χ2v) is 7.70. The number of thioether (sulfide) groups is 1. The number of thiocarbonyl (C=S) groups is 1. The summed E-state index contributed by atoms with van der Waals surface area (Å²) < 4.78 is 55.1. The van der Waals surface area contributed by atoms with Gasteiger partial charge in [-0.1, -0.05) is 30.0 Å². The Morgan fingerprint density at radius 1 is 1.24 bits per heavy atom. The van der Waals surface area contributed by atoms with E-state index in [4.69, 9.17) is 26.4 Å². The summed E-state index contributed by atoms with van der Waals surface area (Å²) in [5.74, 6) is 0.890. The summed E-state index contributed by atoms with van der Waals surface area (Å²) in [4.78, 5) is 14.2. The molecular formula is C19H12F3NO4S2. The van der Waals surface area contributed by atoms with E-state index in [0.29, 0.717) is 22.8 Å². The van der Waals surface area contributed by atoms with Crippen LogP contribution >= 0.6 is 24.0 Å². The van der Waals surface area contributed by atoms with Crippen molar-refractivity contribution in [2.24, 2.45) is 0 Å². The van der Waals surface area contributed by atoms with E-state index in [1.165, 1.54) is 19.2 Å². The number of alkyl halides is 3. The van der Waals surface area contributed by atoms with Crippen molar-refractivity contribution in [2.45, 2.75) is 6.18 Å². The van der Waals surface area contributed by atoms with Crippen LogP contribution in [0.25, 0.3) is 6.08 Å². The Bertz CT molecular complexity index is 1050. The first-order chi connectivity index (χ1) is 13.8. The minimum absolute atomic E-state index is 0.0623. The molecule has 29 heavy (non-hydrogen) atoms. The molecular weight excluding hydrogens is 427 g/mol. The lowest BCUT2D eigenvalue weighted by Crippen LogP contribution is -2.27. The highest BCUT2D eigenvalue weighted by Crippen LogP contribution is 2.44. The van der Waals surface area contributed by atoms with Crippen LogP contribution in [0.1, 0.15) is 11.1 Å². The highest BCUT2D eigenvalue weighted by molar-refractivity contribution is 8.27. The normalized spacial score (nSPS) is 17.4. The number of carbonyl (C=O) groups is 1. The quantitative estimate of drug-likeness (QED) is 0.504. The monoisotopic (exact) mass is 439 g/mol. The van der Waals surface area contributed by atoms with Crippen LogP contribution in [0.15, 0.2) is 41.3 Å². The number of rotatable bonds is 3. The van der Waals surface area contributed by atoms with Crippen LogP contribution in [0.4, 0.5) is 18.9 Å². The Morgan fingerprint density at radius 2 is 2.03 bits per heavy atom. The molecule has 4 rings (SSSR count). The van der Waals surface area contributed by atoms with Gasteiger partial charge in [-0.25, -0.2) is 0 Å². The third-order valence-corrected chi connectivity index (χ3v) is 5.51. The molecule has 2 aromatic rings. The number of amides is 1. The van der Waals surface area contributed by atoms with Crippen molar-refractivity contribution in [3.63, 3.8) is 0 Å². The number of hydrogen-bond acceptors (Lipinski definition) is 6. The second kappa shape index (κ2) is 7.27. The lowest BCUT2D eigenvalue weighted by molar-refractivity contribution is -0.137. The van der Waals surface area contributed by atoms with E-state index in [1.54, 1.807) is 18.2 Å². The molecule has 2 heterocycles. The van der Waals surface area contributed by atoms with Crippen molar-refractivity contribution in [3.8, 4) is 17.2 Å². The summed E-state index contributed by atoms with van der Waals surface area (Å²) in [5, 5.41) is 0. The molecule has 2 aliphatic rings. The SMILES string of the molecule is COc1cc(/C=C2/SC(=S)N(c3cccc(C(F)(F)F)c3)C2=O)cc2c1OCO2. The van der Waals surface area contributed by atoms with Gasteiger partial charge in [0.1, 0.15) is 0 Å². The summed E-state index contributed by atoms with van der Waals surface area (Å²) in [7, 11) is 1.48. The van der Waals surface area contributed by atoms with E-state index in [2.05, 4.69) is 0 Å². The molecule has 0 radical (unpaired) electrons. The molecule has 0 atom stereocenters. The van der Waals surface area contributed by atoms with Gasteiger partial charge >= 0.3 is 6.18 Å². The molecule has 0 bridgehead atoms. The Balaban J connectivity index is 1.67. The first kappa shape index (κ1) is 19.6. The van der Waals surface area contributed by atoms with Crippen molar-refractivity contribution in [1.29, 1.82) is 0 Å². The number of carbonyl (C=O) groups excluding carboxylic acids is 1. The van der Waals surface area contributed by atoms with Crippen LogP contribution < -0.4 is 19.1 Å². The fourth-order valence-corrected chi connectivity index (χ4v) is 4.20. The Morgan fingerprint density at radius 3 is 2.76 bits per heavy atom. The first-order valence-corrected chi connectivity index (χ1v) is 9.43. The van der Waals surface area contributed by atoms with Crippen molar-refractivity contribution in [3.05, 3.63) is 52.4 Å². The lowest BCUT2D eigenvalue weighted by atomic mass is 10.1. The number of anilines is 1. The molecule has 2 aliphatic heterocycles. The molecule has 1 amide bonds. The van der Waals surface area contributed by atoms with Crippen molar-refractivity contribution in [1.82, 2.24) is 0 Å². The maximum Gasteiger partial charge on any atom is 0.416 e. The summed E-state index contributed by atoms with van der Waals surface area (Å²) in [5.41, 5.74) is -0.182. The minimum Gasteiger partial charge on any atom is -0.493 e. The van der Waals surface area contributed by atoms with Crippen LogP contribution in [0.5, 0.6) is 17.2 Å². The van der Waals surface area contributed by atoms with Gasteiger partial charge in [-0.3, -0.25) is 9.69 Å². The maximum absolute atomic E-state index is 13.0. The van der Waals surface area contributed by atoms with Gasteiger partial charge in [0.05, 0.1) is 23.3 Å². The molecule has 10 heteroatoms. The van der Waals surface area contributed by atoms with Gasteiger partial charge in [0.2, 0.25) is 12.5 Å². The number of hydrogen-bond donors (Lipinski definition) is 0. The zero-order chi connectivity index (χ0) is 20.8. The molecule has 0 unspecified atom stereocenters. The topological polar surface area (TPSA) is 48.0 Å². The van der Waals surface area contributed by atoms with E-state index in [1.807, 2.05) is 0 Å². The van der Waals surface area contributed by atoms with E-state index < -0.39 is 17.6 Å². The molecule has 0 aliphatic carbocycles. The zero-order valence-corrected chi connectivity index (χ0v) is 16.4. The number of benzene rings is 2. The smallest absolute Gasteiger partial charge is 0.416 e. The third-order valence-electron chi connectivity index (χ3n) is 4.20. The summed E-state index contributed by atoms with van der Waals surface area (Å²) in [6.45, 7) is 0.0623. The highest BCUT2D eigenvalue weighted by atomic mass is 32.2. The first-order valence-electron chi connectivity index (χ1n) is 8.21. The predicted octanol–water partition coefficient (Wildman–Crippen LogP) is 4.85. The average molecular weight is 439 g/mol. The zero-order valence-electron chi connectivity index (χ0n) is 14.8. The maximum atomic E-state index is 13.0. The van der Waals surface area contributed by atoms with Crippen LogP contribution in [0, 0.1) is 0 Å². The Labute approximate surface area is 173 Å². The lowest BCUT2D eigenvalue weighted by Gasteiger charge is -2.16. The van der Waals surface area contributed by atoms with Gasteiger partial charge < -0.3 is 14.2 Å². The van der Waals surface area contributed by atoms with Crippen molar-refractivity contribution < 1.29 is 32.2 Å². The molecule has 1 fully saturated rings. The van der Waals surface area contributed by atoms with Crippen molar-refractivity contribution in [2.75, 3.05) is 18.8 Å². The molecule has 0 aromatic heterocycles. The average Bonchev–Trinajstić information content (AvgIpc) is 3.25. The van der Waals surface area contributed by atoms with Crippen molar-refractivity contribution >= 4 is 46.0 Å². The van der Waals surface area contributed by atoms with Crippen LogP contribution in [-0.4, -0.2) is 24.1 Å². The molecule has 0 N–H and O–H groups in total. The van der Waals surface area contributed by atoms with E-state index in [-0.39, 0.29) is 21.7 Å². The third kappa shape index (κ3) is 3.65. The highest BCUT2D eigenvalue weighted by Gasteiger charge is 2.36. The Hall–Kier alpha value is -2.72. The predicted molar refractivity (Wildman–Crippen MR) is 106 cm³/mol. The van der Waals surface area contributed by atoms with Crippen LogP contribution in [0.3, 0.4) is 0 Å². The number of halogens is 3. The van der Waals surface area contributed by atoms with E-state index in [0.717, 1.165) is 28.8 Å². The number of methoxy groups -OCH3 is 1. The number of ether oxygens (including phenoxy) is 3. The molecule has 5 nitrogen and oxygen atoms in total. The summed E-state index contributed by atoms with van der Waals surface area (Å²) >= 11 is 6.24. The van der Waals surface area contributed by atoms with Gasteiger partial charge in [0.25, 0.3) is 5.91 Å². The van der Waals surface area contributed by atoms with Gasteiger partial charge in [0, 0.05) is 0 Å². The van der Waals surface area contributed by atoms with E-state index >= 15 is 0 Å². The fourth-order valence-electron chi connectivity index (χ4n) is 2.90. The van der Waals surface area contributed by atoms with Crippen LogP contribution in [-0.2, 0) is 11.0 Å². The van der Waals surface area contributed by atoms with Gasteiger partial charge in [-0.15, -0.1) is 0 Å². The largest absolute Gasteiger partial charge is 0.493 e. The fraction of sp³-hybridized carbons (Fsp3) is 0.158. The molecule has 1 saturated heterocycles. The Kier molecular flexibility index (Phi) is 4.91. The van der Waals surface area contributed by atoms with Crippen LogP contribution in [0.2, 0.25) is 0 Å². The molecule has 0 spiro atoms. The van der Waals surface area contributed by atoms with Gasteiger partial charge in [0.15, 0.2) is 15.8 Å². The minimum atomic E-state index is -4.52. The molecule has 2 aromatic carbocycles. The summed E-state index contributed by atoms with van der Waals surface area (Å²) in [6.07, 6.45) is -2.94. The molecule has 0 saturated carbocycles. The van der Waals surface area contributed by atoms with Gasteiger partial charge in [-0.05, 0) is 42.0 Å². The summed E-state index contributed by atoms with van der Waals surface area (Å²) in [6, 6.07) is 7.84. The number of fused-ring (bicyclic) bond motifs is 1. The van der Waals surface area contributed by atoms with E-state index in [9.17, 15) is 18.0 Å². The molecule has 150 valence electrons. The van der Waals surface area contributed by atoms with Gasteiger partial charge in [-0.2, -0.15) is 13.2 Å². The number of nitrogens with zero attached hydrogens (tertiary/aromatic N) is 1.